The van der Waals surface area contributed by atoms with Gasteiger partial charge in [-0.2, -0.15) is 0 Å². The standard InChI is InChI=1S/C33H39N5O6/c39-28-10-9-27(30(40)35-28)38-31(41)25-7-4-8-26(29(25)32(38)42)37-18-14-23(20-37)13-17-36-15-11-22(12-16-36)19-34-33(43)44-21-24-5-2-1-3-6-24/h1-8,22-23,27H,9-21H2,(H,34,43)(H,35,39,40). The summed E-state index contributed by atoms with van der Waals surface area (Å²) in [5, 5.41) is 5.17. The van der Waals surface area contributed by atoms with Crippen molar-refractivity contribution in [1.82, 2.24) is 20.4 Å². The lowest BCUT2D eigenvalue weighted by Crippen LogP contribution is -2.54. The summed E-state index contributed by atoms with van der Waals surface area (Å²) in [7, 11) is 0. The van der Waals surface area contributed by atoms with E-state index in [0.29, 0.717) is 29.5 Å². The van der Waals surface area contributed by atoms with Gasteiger partial charge in [-0.25, -0.2) is 4.79 Å². The molecule has 3 saturated heterocycles. The fourth-order valence-corrected chi connectivity index (χ4v) is 6.83. The molecule has 11 nitrogen and oxygen atoms in total. The van der Waals surface area contributed by atoms with Crippen molar-refractivity contribution in [2.75, 3.05) is 44.2 Å². The number of nitrogens with one attached hydrogen (secondary N) is 2. The van der Waals surface area contributed by atoms with Crippen LogP contribution in [0.4, 0.5) is 10.5 Å². The van der Waals surface area contributed by atoms with Gasteiger partial charge in [0.2, 0.25) is 11.8 Å². The Morgan fingerprint density at radius 2 is 1.66 bits per heavy atom. The molecule has 2 unspecified atom stereocenters. The molecule has 2 N–H and O–H groups in total. The molecule has 0 aliphatic carbocycles. The van der Waals surface area contributed by atoms with Gasteiger partial charge in [0.05, 0.1) is 16.8 Å². The Bertz CT molecular complexity index is 1420. The Morgan fingerprint density at radius 1 is 0.886 bits per heavy atom. The number of carbonyl (C=O) groups excluding carboxylic acids is 5. The van der Waals surface area contributed by atoms with E-state index in [2.05, 4.69) is 20.4 Å². The number of piperidine rings is 2. The van der Waals surface area contributed by atoms with Crippen LogP contribution < -0.4 is 15.5 Å². The number of amides is 5. The number of hydrogen-bond donors (Lipinski definition) is 2. The van der Waals surface area contributed by atoms with Gasteiger partial charge >= 0.3 is 6.09 Å². The summed E-state index contributed by atoms with van der Waals surface area (Å²) < 4.78 is 5.32. The van der Waals surface area contributed by atoms with Gasteiger partial charge in [0, 0.05) is 26.1 Å². The first kappa shape index (κ1) is 29.8. The van der Waals surface area contributed by atoms with Crippen LogP contribution in [0, 0.1) is 11.8 Å². The molecule has 4 aliphatic rings. The molecular weight excluding hydrogens is 562 g/mol. The van der Waals surface area contributed by atoms with Crippen LogP contribution >= 0.6 is 0 Å². The molecule has 2 atom stereocenters. The maximum atomic E-state index is 13.5. The molecule has 0 bridgehead atoms. The Balaban J connectivity index is 0.948. The van der Waals surface area contributed by atoms with E-state index in [9.17, 15) is 24.0 Å². The minimum Gasteiger partial charge on any atom is -0.445 e. The molecule has 0 aromatic heterocycles. The third-order valence-electron chi connectivity index (χ3n) is 9.38. The topological polar surface area (TPSA) is 128 Å². The molecule has 2 aromatic carbocycles. The second-order valence-corrected chi connectivity index (χ2v) is 12.3. The lowest BCUT2D eigenvalue weighted by molar-refractivity contribution is -0.136. The van der Waals surface area contributed by atoms with E-state index in [1.54, 1.807) is 12.1 Å². The van der Waals surface area contributed by atoms with Gasteiger partial charge in [-0.3, -0.25) is 29.4 Å². The Labute approximate surface area is 256 Å². The Kier molecular flexibility index (Phi) is 8.92. The zero-order chi connectivity index (χ0) is 30.6. The number of benzene rings is 2. The van der Waals surface area contributed by atoms with Crippen LogP contribution in [0.5, 0.6) is 0 Å². The van der Waals surface area contributed by atoms with Crippen molar-refractivity contribution in [3.05, 3.63) is 65.2 Å². The minimum atomic E-state index is -0.965. The first-order chi connectivity index (χ1) is 21.4. The lowest BCUT2D eigenvalue weighted by Gasteiger charge is -2.32. The highest BCUT2D eigenvalue weighted by atomic mass is 16.5. The largest absolute Gasteiger partial charge is 0.445 e. The molecule has 0 saturated carbocycles. The maximum absolute atomic E-state index is 13.5. The summed E-state index contributed by atoms with van der Waals surface area (Å²) in [5.74, 6) is -0.995. The first-order valence-corrected chi connectivity index (χ1v) is 15.6. The molecule has 5 amide bonds. The van der Waals surface area contributed by atoms with Crippen molar-refractivity contribution < 1.29 is 28.7 Å². The van der Waals surface area contributed by atoms with Crippen molar-refractivity contribution in [2.24, 2.45) is 11.8 Å². The average Bonchev–Trinajstić information content (AvgIpc) is 3.61. The fourth-order valence-electron chi connectivity index (χ4n) is 6.83. The van der Waals surface area contributed by atoms with Gasteiger partial charge in [-0.15, -0.1) is 0 Å². The Morgan fingerprint density at radius 3 is 2.43 bits per heavy atom. The van der Waals surface area contributed by atoms with Crippen LogP contribution in [-0.4, -0.2) is 84.8 Å². The minimum absolute atomic E-state index is 0.100. The highest BCUT2D eigenvalue weighted by Crippen LogP contribution is 2.36. The summed E-state index contributed by atoms with van der Waals surface area (Å²) in [6, 6.07) is 14.0. The molecule has 11 heteroatoms. The van der Waals surface area contributed by atoms with Crippen LogP contribution in [0.15, 0.2) is 48.5 Å². The van der Waals surface area contributed by atoms with Crippen molar-refractivity contribution in [2.45, 2.75) is 51.2 Å². The summed E-state index contributed by atoms with van der Waals surface area (Å²) in [4.78, 5) is 68.6. The van der Waals surface area contributed by atoms with Crippen LogP contribution in [0.1, 0.15) is 64.8 Å². The molecule has 0 radical (unpaired) electrons. The van der Waals surface area contributed by atoms with Crippen molar-refractivity contribution in [1.29, 1.82) is 0 Å². The summed E-state index contributed by atoms with van der Waals surface area (Å²) >= 11 is 0. The zero-order valence-corrected chi connectivity index (χ0v) is 24.8. The van der Waals surface area contributed by atoms with Gasteiger partial charge in [-0.05, 0) is 81.3 Å². The quantitative estimate of drug-likeness (QED) is 0.420. The normalized spacial score (nSPS) is 22.7. The zero-order valence-electron chi connectivity index (χ0n) is 24.8. The van der Waals surface area contributed by atoms with E-state index in [1.807, 2.05) is 36.4 Å². The van der Waals surface area contributed by atoms with E-state index in [1.165, 1.54) is 0 Å². The van der Waals surface area contributed by atoms with Crippen LogP contribution in [0.3, 0.4) is 0 Å². The van der Waals surface area contributed by atoms with Gasteiger partial charge < -0.3 is 19.9 Å². The summed E-state index contributed by atoms with van der Waals surface area (Å²) in [5.41, 5.74) is 2.40. The van der Waals surface area contributed by atoms with Crippen molar-refractivity contribution in [3.63, 3.8) is 0 Å². The maximum Gasteiger partial charge on any atom is 0.407 e. The average molecular weight is 602 g/mol. The predicted octanol–water partition coefficient (Wildman–Crippen LogP) is 2.94. The summed E-state index contributed by atoms with van der Waals surface area (Å²) in [6.45, 7) is 5.51. The van der Waals surface area contributed by atoms with Crippen molar-refractivity contribution >= 4 is 35.4 Å². The van der Waals surface area contributed by atoms with E-state index in [-0.39, 0.29) is 31.4 Å². The van der Waals surface area contributed by atoms with Crippen LogP contribution in [0.25, 0.3) is 0 Å². The summed E-state index contributed by atoms with van der Waals surface area (Å²) in [6.07, 6.45) is 4.00. The second-order valence-electron chi connectivity index (χ2n) is 12.3. The van der Waals surface area contributed by atoms with Gasteiger partial charge in [0.15, 0.2) is 0 Å². The SMILES string of the molecule is O=C1CCC(N2C(=O)c3cccc(N4CCC(CCN5CCC(CNC(=O)OCc6ccccc6)CC5)C4)c3C2=O)C(=O)N1. The molecule has 0 spiro atoms. The first-order valence-electron chi connectivity index (χ1n) is 15.6. The lowest BCUT2D eigenvalue weighted by atomic mass is 9.96. The van der Waals surface area contributed by atoms with E-state index >= 15 is 0 Å². The number of likely N-dealkylation sites (tertiary alicyclic amines) is 1. The molecule has 3 fully saturated rings. The third kappa shape index (κ3) is 6.47. The number of nitrogens with zero attached hydrogens (tertiary/aromatic N) is 3. The molecule has 2 aromatic rings. The number of rotatable bonds is 9. The number of anilines is 1. The monoisotopic (exact) mass is 601 g/mol. The second kappa shape index (κ2) is 13.2. The molecule has 4 heterocycles. The number of hydrogen-bond acceptors (Lipinski definition) is 8. The highest BCUT2D eigenvalue weighted by molar-refractivity contribution is 6.25. The number of ether oxygens (including phenoxy) is 1. The van der Waals surface area contributed by atoms with Crippen molar-refractivity contribution in [3.8, 4) is 0 Å². The number of fused-ring (bicyclic) bond motifs is 1. The predicted molar refractivity (Wildman–Crippen MR) is 162 cm³/mol. The van der Waals surface area contributed by atoms with Gasteiger partial charge in [0.1, 0.15) is 12.6 Å². The number of imide groups is 2. The third-order valence-corrected chi connectivity index (χ3v) is 9.38. The van der Waals surface area contributed by atoms with E-state index < -0.39 is 23.8 Å². The highest BCUT2D eigenvalue weighted by Gasteiger charge is 2.46. The molecule has 232 valence electrons. The van der Waals surface area contributed by atoms with Crippen LogP contribution in [0.2, 0.25) is 0 Å². The smallest absolute Gasteiger partial charge is 0.407 e. The molecule has 44 heavy (non-hydrogen) atoms. The molecule has 4 aliphatic heterocycles. The van der Waals surface area contributed by atoms with E-state index in [0.717, 1.165) is 74.6 Å². The molecular formula is C33H39N5O6. The Hall–Kier alpha value is -4.25. The number of carbonyl (C=O) groups is 5. The van der Waals surface area contributed by atoms with Gasteiger partial charge in [-0.1, -0.05) is 36.4 Å². The van der Waals surface area contributed by atoms with Gasteiger partial charge in [0.25, 0.3) is 11.8 Å². The fraction of sp³-hybridized carbons (Fsp3) is 0.485. The van der Waals surface area contributed by atoms with Crippen LogP contribution in [-0.2, 0) is 20.9 Å². The molecule has 6 rings (SSSR count). The number of alkyl carbamates (subject to hydrolysis) is 1. The van der Waals surface area contributed by atoms with E-state index in [4.69, 9.17) is 4.74 Å².